The largest absolute Gasteiger partial charge is 0.480 e. The van der Waals surface area contributed by atoms with Crippen LogP contribution in [0.2, 0.25) is 5.02 Å². The molecule has 1 aromatic carbocycles. The second-order valence-electron chi connectivity index (χ2n) is 6.48. The second kappa shape index (κ2) is 6.70. The average Bonchev–Trinajstić information content (AvgIpc) is 2.92. The molecule has 7 heteroatoms. The highest BCUT2D eigenvalue weighted by molar-refractivity contribution is 6.30. The molecule has 2 aliphatic rings. The van der Waals surface area contributed by atoms with Crippen molar-refractivity contribution >= 4 is 23.5 Å². The van der Waals surface area contributed by atoms with E-state index in [4.69, 9.17) is 16.3 Å². The Balaban J connectivity index is 1.83. The first kappa shape index (κ1) is 17.2. The van der Waals surface area contributed by atoms with Crippen LogP contribution in [0.3, 0.4) is 0 Å². The molecule has 24 heavy (non-hydrogen) atoms. The number of carbonyl (C=O) groups excluding carboxylic acids is 1. The van der Waals surface area contributed by atoms with E-state index in [1.807, 2.05) is 7.05 Å². The van der Waals surface area contributed by atoms with E-state index in [9.17, 15) is 14.7 Å². The number of amides is 1. The highest BCUT2D eigenvalue weighted by Crippen LogP contribution is 2.37. The maximum Gasteiger partial charge on any atom is 0.328 e. The number of ether oxygens (including phenoxy) is 1. The van der Waals surface area contributed by atoms with Crippen LogP contribution in [0.1, 0.15) is 18.4 Å². The van der Waals surface area contributed by atoms with E-state index in [-0.39, 0.29) is 18.9 Å². The van der Waals surface area contributed by atoms with Crippen molar-refractivity contribution in [3.63, 3.8) is 0 Å². The number of halogens is 1. The number of nitrogens with zero attached hydrogens (tertiary/aromatic N) is 2. The molecule has 130 valence electrons. The monoisotopic (exact) mass is 352 g/mol. The Morgan fingerprint density at radius 2 is 1.92 bits per heavy atom. The maximum absolute atomic E-state index is 12.9. The van der Waals surface area contributed by atoms with Crippen LogP contribution in [-0.2, 0) is 20.7 Å². The Bertz CT molecular complexity index is 626. The Morgan fingerprint density at radius 3 is 2.50 bits per heavy atom. The van der Waals surface area contributed by atoms with Crippen LogP contribution in [0, 0.1) is 0 Å². The summed E-state index contributed by atoms with van der Waals surface area (Å²) in [6.45, 7) is 1.60. The molecule has 1 amide bonds. The minimum atomic E-state index is -1.02. The van der Waals surface area contributed by atoms with Gasteiger partial charge in [0.2, 0.25) is 5.91 Å². The Labute approximate surface area is 145 Å². The molecule has 0 radical (unpaired) electrons. The SMILES string of the molecule is CN1CCC2(CC1)OC[C@@H](C(=O)O)N2C(=O)Cc1ccc(Cl)cc1. The van der Waals surface area contributed by atoms with Gasteiger partial charge in [-0.3, -0.25) is 9.69 Å². The summed E-state index contributed by atoms with van der Waals surface area (Å²) in [7, 11) is 2.01. The Hall–Kier alpha value is -1.63. The van der Waals surface area contributed by atoms with Crippen molar-refractivity contribution in [2.24, 2.45) is 0 Å². The molecule has 2 saturated heterocycles. The zero-order chi connectivity index (χ0) is 17.3. The molecular formula is C17H21ClN2O4. The van der Waals surface area contributed by atoms with Crippen LogP contribution in [0.5, 0.6) is 0 Å². The van der Waals surface area contributed by atoms with Crippen LogP contribution < -0.4 is 0 Å². The van der Waals surface area contributed by atoms with E-state index in [1.54, 1.807) is 24.3 Å². The number of benzene rings is 1. The predicted molar refractivity (Wildman–Crippen MR) is 88.8 cm³/mol. The van der Waals surface area contributed by atoms with E-state index in [0.717, 1.165) is 18.7 Å². The molecule has 0 aromatic heterocycles. The summed E-state index contributed by atoms with van der Waals surface area (Å²) in [5.41, 5.74) is 0.0162. The quantitative estimate of drug-likeness (QED) is 0.895. The van der Waals surface area contributed by atoms with E-state index >= 15 is 0 Å². The molecule has 1 N–H and O–H groups in total. The third-order valence-electron chi connectivity index (χ3n) is 4.85. The highest BCUT2D eigenvalue weighted by Gasteiger charge is 2.53. The highest BCUT2D eigenvalue weighted by atomic mass is 35.5. The summed E-state index contributed by atoms with van der Waals surface area (Å²) in [5, 5.41) is 10.1. The molecule has 6 nitrogen and oxygen atoms in total. The third-order valence-corrected chi connectivity index (χ3v) is 5.10. The molecule has 1 atom stereocenters. The number of carboxylic acid groups (broad SMARTS) is 1. The summed E-state index contributed by atoms with van der Waals surface area (Å²) in [5.74, 6) is -1.23. The van der Waals surface area contributed by atoms with Gasteiger partial charge in [-0.1, -0.05) is 23.7 Å². The Morgan fingerprint density at radius 1 is 1.29 bits per heavy atom. The lowest BCUT2D eigenvalue weighted by atomic mass is 9.97. The number of hydrogen-bond acceptors (Lipinski definition) is 4. The molecule has 0 aliphatic carbocycles. The smallest absolute Gasteiger partial charge is 0.328 e. The van der Waals surface area contributed by atoms with Gasteiger partial charge in [0.25, 0.3) is 0 Å². The van der Waals surface area contributed by atoms with Crippen molar-refractivity contribution in [2.45, 2.75) is 31.0 Å². The normalized spacial score (nSPS) is 23.6. The van der Waals surface area contributed by atoms with Crippen molar-refractivity contribution in [1.29, 1.82) is 0 Å². The molecule has 0 saturated carbocycles. The van der Waals surface area contributed by atoms with Crippen molar-refractivity contribution in [1.82, 2.24) is 9.80 Å². The topological polar surface area (TPSA) is 70.1 Å². The van der Waals surface area contributed by atoms with Gasteiger partial charge < -0.3 is 14.7 Å². The lowest BCUT2D eigenvalue weighted by Gasteiger charge is -2.43. The molecule has 0 bridgehead atoms. The summed E-state index contributed by atoms with van der Waals surface area (Å²) in [6.07, 6.45) is 1.39. The van der Waals surface area contributed by atoms with Crippen LogP contribution in [0.15, 0.2) is 24.3 Å². The first-order valence-electron chi connectivity index (χ1n) is 8.03. The summed E-state index contributed by atoms with van der Waals surface area (Å²) >= 11 is 5.87. The molecule has 2 fully saturated rings. The third kappa shape index (κ3) is 3.27. The average molecular weight is 353 g/mol. The molecule has 3 rings (SSSR count). The van der Waals surface area contributed by atoms with Crippen LogP contribution in [-0.4, -0.2) is 65.3 Å². The zero-order valence-electron chi connectivity index (χ0n) is 13.6. The minimum Gasteiger partial charge on any atom is -0.480 e. The number of carbonyl (C=O) groups is 2. The number of rotatable bonds is 3. The van der Waals surface area contributed by atoms with Gasteiger partial charge in [0.15, 0.2) is 6.04 Å². The van der Waals surface area contributed by atoms with Gasteiger partial charge in [0, 0.05) is 31.0 Å². The predicted octanol–water partition coefficient (Wildman–Crippen LogP) is 1.62. The number of aliphatic carboxylic acids is 1. The fraction of sp³-hybridized carbons (Fsp3) is 0.529. The summed E-state index contributed by atoms with van der Waals surface area (Å²) in [4.78, 5) is 28.1. The summed E-state index contributed by atoms with van der Waals surface area (Å²) in [6, 6.07) is 6.10. The first-order valence-corrected chi connectivity index (χ1v) is 8.41. The van der Waals surface area contributed by atoms with Gasteiger partial charge in [-0.25, -0.2) is 4.79 Å². The van der Waals surface area contributed by atoms with E-state index in [1.165, 1.54) is 4.90 Å². The molecule has 0 unspecified atom stereocenters. The molecular weight excluding hydrogens is 332 g/mol. The van der Waals surface area contributed by atoms with Crippen molar-refractivity contribution < 1.29 is 19.4 Å². The van der Waals surface area contributed by atoms with Gasteiger partial charge in [-0.15, -0.1) is 0 Å². The fourth-order valence-electron chi connectivity index (χ4n) is 3.46. The lowest BCUT2D eigenvalue weighted by molar-refractivity contribution is -0.164. The number of carboxylic acids is 1. The fourth-order valence-corrected chi connectivity index (χ4v) is 3.59. The van der Waals surface area contributed by atoms with Gasteiger partial charge in [-0.05, 0) is 24.7 Å². The Kier molecular flexibility index (Phi) is 4.80. The van der Waals surface area contributed by atoms with Gasteiger partial charge in [0.1, 0.15) is 5.72 Å². The maximum atomic E-state index is 12.9. The van der Waals surface area contributed by atoms with E-state index in [0.29, 0.717) is 17.9 Å². The van der Waals surface area contributed by atoms with Gasteiger partial charge >= 0.3 is 5.97 Å². The number of likely N-dealkylation sites (tertiary alicyclic amines) is 1. The van der Waals surface area contributed by atoms with Crippen LogP contribution in [0.4, 0.5) is 0 Å². The first-order chi connectivity index (χ1) is 11.4. The van der Waals surface area contributed by atoms with E-state index < -0.39 is 17.7 Å². The standard InChI is InChI=1S/C17H21ClN2O4/c1-19-8-6-17(7-9-19)20(14(11-24-17)16(22)23)15(21)10-12-2-4-13(18)5-3-12/h2-5,14H,6-11H2,1H3,(H,22,23)/t14-/m0/s1. The number of hydrogen-bond donors (Lipinski definition) is 1. The van der Waals surface area contributed by atoms with Crippen molar-refractivity contribution in [3.8, 4) is 0 Å². The number of piperidine rings is 1. The lowest BCUT2D eigenvalue weighted by Crippen LogP contribution is -2.58. The van der Waals surface area contributed by atoms with Crippen molar-refractivity contribution in [2.75, 3.05) is 26.7 Å². The molecule has 2 heterocycles. The van der Waals surface area contributed by atoms with Crippen LogP contribution in [0.25, 0.3) is 0 Å². The zero-order valence-corrected chi connectivity index (χ0v) is 14.3. The minimum absolute atomic E-state index is 0.0470. The van der Waals surface area contributed by atoms with Gasteiger partial charge in [0.05, 0.1) is 13.0 Å². The molecule has 2 aliphatic heterocycles. The van der Waals surface area contributed by atoms with E-state index in [2.05, 4.69) is 4.90 Å². The molecule has 1 spiro atoms. The van der Waals surface area contributed by atoms with Crippen LogP contribution >= 0.6 is 11.6 Å². The summed E-state index contributed by atoms with van der Waals surface area (Å²) < 4.78 is 5.87. The molecule has 1 aromatic rings. The van der Waals surface area contributed by atoms with Gasteiger partial charge in [-0.2, -0.15) is 0 Å². The second-order valence-corrected chi connectivity index (χ2v) is 6.92. The van der Waals surface area contributed by atoms with Crippen molar-refractivity contribution in [3.05, 3.63) is 34.9 Å².